The van der Waals surface area contributed by atoms with Crippen molar-refractivity contribution in [3.63, 3.8) is 0 Å². The Balaban J connectivity index is 2.16. The fraction of sp³-hybridized carbons (Fsp3) is 0.176. The number of nitrogens with two attached hydrogens (primary N) is 1. The number of halogens is 1. The number of benzene rings is 2. The first-order valence-corrected chi connectivity index (χ1v) is 7.12. The molecule has 22 heavy (non-hydrogen) atoms. The molecule has 1 aromatic heterocycles. The van der Waals surface area contributed by atoms with Gasteiger partial charge in [-0.2, -0.15) is 0 Å². The molecule has 3 aromatic rings. The van der Waals surface area contributed by atoms with Crippen molar-refractivity contribution >= 4 is 16.6 Å². The van der Waals surface area contributed by atoms with E-state index in [0.717, 1.165) is 5.56 Å². The van der Waals surface area contributed by atoms with Crippen LogP contribution in [0.4, 0.5) is 10.1 Å². The van der Waals surface area contributed by atoms with Crippen LogP contribution in [-0.4, -0.2) is 9.55 Å². The molecule has 0 radical (unpaired) electrons. The minimum atomic E-state index is -0.295. The van der Waals surface area contributed by atoms with Gasteiger partial charge in [0, 0.05) is 12.1 Å². The van der Waals surface area contributed by atoms with Crippen molar-refractivity contribution in [2.24, 2.45) is 0 Å². The van der Waals surface area contributed by atoms with Gasteiger partial charge in [-0.05, 0) is 35.9 Å². The molecule has 0 spiro atoms. The Morgan fingerprint density at radius 2 is 1.91 bits per heavy atom. The van der Waals surface area contributed by atoms with Crippen molar-refractivity contribution in [1.82, 2.24) is 9.55 Å². The molecule has 0 atom stereocenters. The van der Waals surface area contributed by atoms with Gasteiger partial charge in [0.05, 0.1) is 17.4 Å². The van der Waals surface area contributed by atoms with Gasteiger partial charge >= 0.3 is 0 Å². The second-order valence-electron chi connectivity index (χ2n) is 5.18. The Hall–Kier alpha value is -2.69. The Morgan fingerprint density at radius 1 is 1.18 bits per heavy atom. The third-order valence-corrected chi connectivity index (χ3v) is 3.63. The van der Waals surface area contributed by atoms with Gasteiger partial charge in [-0.3, -0.25) is 9.36 Å². The zero-order valence-corrected chi connectivity index (χ0v) is 12.2. The van der Waals surface area contributed by atoms with E-state index in [1.54, 1.807) is 34.9 Å². The first-order valence-electron chi connectivity index (χ1n) is 7.12. The second kappa shape index (κ2) is 5.60. The van der Waals surface area contributed by atoms with E-state index in [0.29, 0.717) is 35.4 Å². The lowest BCUT2D eigenvalue weighted by Gasteiger charge is -2.13. The molecule has 112 valence electrons. The summed E-state index contributed by atoms with van der Waals surface area (Å²) in [6.45, 7) is 2.31. The Kier molecular flexibility index (Phi) is 3.63. The van der Waals surface area contributed by atoms with Crippen LogP contribution in [0.1, 0.15) is 18.3 Å². The Bertz CT molecular complexity index is 885. The number of aryl methyl sites for hydroxylation is 1. The summed E-state index contributed by atoms with van der Waals surface area (Å²) in [5.74, 6) is 0.405. The molecular formula is C17H16FN3O. The number of hydrogen-bond acceptors (Lipinski definition) is 3. The molecule has 0 fully saturated rings. The fourth-order valence-electron chi connectivity index (χ4n) is 2.49. The van der Waals surface area contributed by atoms with Gasteiger partial charge in [-0.15, -0.1) is 0 Å². The maximum Gasteiger partial charge on any atom is 0.261 e. The van der Waals surface area contributed by atoms with Crippen molar-refractivity contribution in [2.75, 3.05) is 5.73 Å². The van der Waals surface area contributed by atoms with Gasteiger partial charge < -0.3 is 5.73 Å². The van der Waals surface area contributed by atoms with Crippen LogP contribution in [0.25, 0.3) is 10.9 Å². The van der Waals surface area contributed by atoms with Crippen molar-refractivity contribution in [3.8, 4) is 0 Å². The molecule has 2 aromatic carbocycles. The molecule has 3 rings (SSSR count). The van der Waals surface area contributed by atoms with Crippen molar-refractivity contribution in [1.29, 1.82) is 0 Å². The van der Waals surface area contributed by atoms with E-state index < -0.39 is 0 Å². The third kappa shape index (κ3) is 2.57. The molecule has 0 saturated carbocycles. The summed E-state index contributed by atoms with van der Waals surface area (Å²) >= 11 is 0. The van der Waals surface area contributed by atoms with E-state index in [1.165, 1.54) is 12.1 Å². The van der Waals surface area contributed by atoms with Gasteiger partial charge in [-0.25, -0.2) is 9.37 Å². The molecule has 0 bridgehead atoms. The van der Waals surface area contributed by atoms with E-state index in [1.807, 2.05) is 6.92 Å². The van der Waals surface area contributed by atoms with Crippen LogP contribution < -0.4 is 11.3 Å². The van der Waals surface area contributed by atoms with Gasteiger partial charge in [0.15, 0.2) is 0 Å². The molecule has 5 heteroatoms. The molecule has 0 aliphatic rings. The number of aromatic nitrogens is 2. The van der Waals surface area contributed by atoms with Gasteiger partial charge in [0.2, 0.25) is 0 Å². The van der Waals surface area contributed by atoms with Gasteiger partial charge in [-0.1, -0.05) is 19.1 Å². The molecule has 0 aliphatic carbocycles. The van der Waals surface area contributed by atoms with E-state index in [4.69, 9.17) is 5.73 Å². The van der Waals surface area contributed by atoms with Crippen LogP contribution in [0.5, 0.6) is 0 Å². The van der Waals surface area contributed by atoms with E-state index in [-0.39, 0.29) is 11.4 Å². The summed E-state index contributed by atoms with van der Waals surface area (Å²) < 4.78 is 14.6. The SMILES string of the molecule is CCc1nc2ccc(N)cc2c(=O)n1Cc1ccc(F)cc1. The first-order chi connectivity index (χ1) is 10.6. The van der Waals surface area contributed by atoms with Gasteiger partial charge in [0.25, 0.3) is 5.56 Å². The average molecular weight is 297 g/mol. The highest BCUT2D eigenvalue weighted by Gasteiger charge is 2.10. The molecule has 0 saturated heterocycles. The number of fused-ring (bicyclic) bond motifs is 1. The minimum absolute atomic E-state index is 0.126. The Labute approximate surface area is 127 Å². The summed E-state index contributed by atoms with van der Waals surface area (Å²) in [6, 6.07) is 11.3. The predicted molar refractivity (Wildman–Crippen MR) is 85.3 cm³/mol. The highest BCUT2D eigenvalue weighted by Crippen LogP contribution is 2.14. The number of hydrogen-bond donors (Lipinski definition) is 1. The molecular weight excluding hydrogens is 281 g/mol. The maximum atomic E-state index is 13.0. The Morgan fingerprint density at radius 3 is 2.59 bits per heavy atom. The van der Waals surface area contributed by atoms with E-state index >= 15 is 0 Å². The number of rotatable bonds is 3. The topological polar surface area (TPSA) is 60.9 Å². The molecule has 0 unspecified atom stereocenters. The standard InChI is InChI=1S/C17H16FN3O/c1-2-16-20-15-8-7-13(19)9-14(15)17(22)21(16)10-11-3-5-12(18)6-4-11/h3-9H,2,10,19H2,1H3. The normalized spacial score (nSPS) is 11.0. The van der Waals surface area contributed by atoms with Crippen LogP contribution in [-0.2, 0) is 13.0 Å². The predicted octanol–water partition coefficient (Wildman–Crippen LogP) is 2.73. The zero-order chi connectivity index (χ0) is 15.7. The van der Waals surface area contributed by atoms with Crippen molar-refractivity contribution < 1.29 is 4.39 Å². The van der Waals surface area contributed by atoms with Crippen molar-refractivity contribution in [2.45, 2.75) is 19.9 Å². The maximum absolute atomic E-state index is 13.0. The molecule has 0 amide bonds. The first kappa shape index (κ1) is 14.3. The second-order valence-corrected chi connectivity index (χ2v) is 5.18. The van der Waals surface area contributed by atoms with Crippen LogP contribution in [0.2, 0.25) is 0 Å². The van der Waals surface area contributed by atoms with Crippen LogP contribution in [0.3, 0.4) is 0 Å². The van der Waals surface area contributed by atoms with Crippen molar-refractivity contribution in [3.05, 3.63) is 70.0 Å². The number of nitrogen functional groups attached to an aromatic ring is 1. The summed E-state index contributed by atoms with van der Waals surface area (Å²) in [4.78, 5) is 17.3. The summed E-state index contributed by atoms with van der Waals surface area (Å²) in [6.07, 6.45) is 0.636. The molecule has 0 aliphatic heterocycles. The molecule has 2 N–H and O–H groups in total. The lowest BCUT2D eigenvalue weighted by atomic mass is 10.2. The highest BCUT2D eigenvalue weighted by atomic mass is 19.1. The number of nitrogens with zero attached hydrogens (tertiary/aromatic N) is 2. The largest absolute Gasteiger partial charge is 0.399 e. The van der Waals surface area contributed by atoms with Crippen LogP contribution in [0, 0.1) is 5.82 Å². The van der Waals surface area contributed by atoms with E-state index in [2.05, 4.69) is 4.98 Å². The number of anilines is 1. The molecule has 1 heterocycles. The average Bonchev–Trinajstić information content (AvgIpc) is 2.52. The highest BCUT2D eigenvalue weighted by molar-refractivity contribution is 5.81. The summed E-state index contributed by atoms with van der Waals surface area (Å²) in [7, 11) is 0. The molecule has 4 nitrogen and oxygen atoms in total. The van der Waals surface area contributed by atoms with Crippen LogP contribution in [0.15, 0.2) is 47.3 Å². The third-order valence-electron chi connectivity index (χ3n) is 3.63. The van der Waals surface area contributed by atoms with E-state index in [9.17, 15) is 9.18 Å². The van der Waals surface area contributed by atoms with Gasteiger partial charge in [0.1, 0.15) is 11.6 Å². The smallest absolute Gasteiger partial charge is 0.261 e. The minimum Gasteiger partial charge on any atom is -0.399 e. The quantitative estimate of drug-likeness (QED) is 0.756. The van der Waals surface area contributed by atoms with Crippen LogP contribution >= 0.6 is 0 Å². The summed E-state index contributed by atoms with van der Waals surface area (Å²) in [5.41, 5.74) is 7.67. The zero-order valence-electron chi connectivity index (χ0n) is 12.2. The fourth-order valence-corrected chi connectivity index (χ4v) is 2.49. The lowest BCUT2D eigenvalue weighted by Crippen LogP contribution is -2.25. The summed E-state index contributed by atoms with van der Waals surface area (Å²) in [5, 5.41) is 0.499. The monoisotopic (exact) mass is 297 g/mol. The lowest BCUT2D eigenvalue weighted by molar-refractivity contribution is 0.625.